The van der Waals surface area contributed by atoms with Crippen LogP contribution in [0.1, 0.15) is 5.56 Å². The van der Waals surface area contributed by atoms with Crippen LogP contribution in [0.4, 0.5) is 5.69 Å². The van der Waals surface area contributed by atoms with E-state index in [9.17, 15) is 4.79 Å². The number of rotatable bonds is 3. The molecule has 0 atom stereocenters. The van der Waals surface area contributed by atoms with Gasteiger partial charge in [-0.15, -0.1) is 0 Å². The maximum Gasteiger partial charge on any atom is 0.270 e. The van der Waals surface area contributed by atoms with Gasteiger partial charge in [0.15, 0.2) is 4.32 Å². The second-order valence-corrected chi connectivity index (χ2v) is 7.58. The highest BCUT2D eigenvalue weighted by molar-refractivity contribution is 8.27. The van der Waals surface area contributed by atoms with Crippen molar-refractivity contribution in [2.75, 3.05) is 12.0 Å². The van der Waals surface area contributed by atoms with Crippen LogP contribution < -0.4 is 9.64 Å². The van der Waals surface area contributed by atoms with E-state index in [0.717, 1.165) is 16.5 Å². The molecule has 4 rings (SSSR count). The number of fused-ring (bicyclic) bond motifs is 1. The van der Waals surface area contributed by atoms with E-state index in [4.69, 9.17) is 17.0 Å². The van der Waals surface area contributed by atoms with E-state index in [0.29, 0.717) is 20.7 Å². The first-order chi connectivity index (χ1) is 12.6. The average Bonchev–Trinajstić information content (AvgIpc) is 3.12. The molecule has 0 unspecified atom stereocenters. The minimum Gasteiger partial charge on any atom is -0.495 e. The standard InChI is InChI=1S/C20H16N2O2S2/c1-21-12-13(14-7-3-4-8-15(14)21)11-18-19(23)22(20(25)26-18)16-9-5-6-10-17(16)24-2/h3-12H,1-2H3. The molecule has 0 bridgehead atoms. The molecule has 0 spiro atoms. The number of aromatic nitrogens is 1. The van der Waals surface area contributed by atoms with Gasteiger partial charge in [0.05, 0.1) is 17.7 Å². The fraction of sp³-hybridized carbons (Fsp3) is 0.100. The summed E-state index contributed by atoms with van der Waals surface area (Å²) in [5.41, 5.74) is 2.79. The van der Waals surface area contributed by atoms with Gasteiger partial charge in [-0.2, -0.15) is 0 Å². The number of nitrogens with zero attached hydrogens (tertiary/aromatic N) is 2. The zero-order chi connectivity index (χ0) is 18.3. The number of anilines is 1. The lowest BCUT2D eigenvalue weighted by molar-refractivity contribution is -0.113. The third-order valence-electron chi connectivity index (χ3n) is 4.33. The van der Waals surface area contributed by atoms with Gasteiger partial charge >= 0.3 is 0 Å². The van der Waals surface area contributed by atoms with Gasteiger partial charge in [-0.1, -0.05) is 54.3 Å². The average molecular weight is 380 g/mol. The molecule has 2 aromatic carbocycles. The van der Waals surface area contributed by atoms with Crippen LogP contribution in [0.2, 0.25) is 0 Å². The van der Waals surface area contributed by atoms with Crippen molar-refractivity contribution in [1.82, 2.24) is 4.57 Å². The highest BCUT2D eigenvalue weighted by Crippen LogP contribution is 2.40. The first-order valence-electron chi connectivity index (χ1n) is 8.05. The molecule has 0 aliphatic carbocycles. The van der Waals surface area contributed by atoms with Crippen LogP contribution in [0.3, 0.4) is 0 Å². The Morgan fingerprint density at radius 1 is 1.12 bits per heavy atom. The van der Waals surface area contributed by atoms with Crippen LogP contribution in [0, 0.1) is 0 Å². The predicted octanol–water partition coefficient (Wildman–Crippen LogP) is 4.59. The molecule has 1 saturated heterocycles. The van der Waals surface area contributed by atoms with E-state index in [1.54, 1.807) is 7.11 Å². The van der Waals surface area contributed by atoms with Gasteiger partial charge in [0.1, 0.15) is 5.75 Å². The van der Waals surface area contributed by atoms with E-state index < -0.39 is 0 Å². The Morgan fingerprint density at radius 3 is 2.65 bits per heavy atom. The van der Waals surface area contributed by atoms with E-state index in [-0.39, 0.29) is 5.91 Å². The van der Waals surface area contributed by atoms with Crippen LogP contribution in [-0.4, -0.2) is 21.9 Å². The normalized spacial score (nSPS) is 16.1. The SMILES string of the molecule is COc1ccccc1N1C(=O)C(=Cc2cn(C)c3ccccc23)SC1=S. The number of hydrogen-bond donors (Lipinski definition) is 0. The molecular weight excluding hydrogens is 364 g/mol. The number of methoxy groups -OCH3 is 1. The van der Waals surface area contributed by atoms with Crippen LogP contribution in [0.15, 0.2) is 59.6 Å². The Morgan fingerprint density at radius 2 is 1.85 bits per heavy atom. The number of thiocarbonyl (C=S) groups is 1. The molecule has 3 aromatic rings. The van der Waals surface area contributed by atoms with Crippen LogP contribution >= 0.6 is 24.0 Å². The Bertz CT molecular complexity index is 1070. The quantitative estimate of drug-likeness (QED) is 0.492. The van der Waals surface area contributed by atoms with Gasteiger partial charge in [0.25, 0.3) is 5.91 Å². The summed E-state index contributed by atoms with van der Waals surface area (Å²) in [4.78, 5) is 15.2. The fourth-order valence-electron chi connectivity index (χ4n) is 3.12. The van der Waals surface area contributed by atoms with E-state index in [2.05, 4.69) is 16.7 Å². The van der Waals surface area contributed by atoms with Crippen LogP contribution in [-0.2, 0) is 11.8 Å². The zero-order valence-electron chi connectivity index (χ0n) is 14.3. The summed E-state index contributed by atoms with van der Waals surface area (Å²) in [5, 5.41) is 1.11. The second-order valence-electron chi connectivity index (χ2n) is 5.90. The lowest BCUT2D eigenvalue weighted by Gasteiger charge is -2.17. The number of para-hydroxylation sites is 3. The Balaban J connectivity index is 1.76. The molecule has 0 N–H and O–H groups in total. The number of amides is 1. The van der Waals surface area contributed by atoms with E-state index in [1.165, 1.54) is 16.7 Å². The van der Waals surface area contributed by atoms with Gasteiger partial charge in [0.2, 0.25) is 0 Å². The predicted molar refractivity (Wildman–Crippen MR) is 112 cm³/mol. The topological polar surface area (TPSA) is 34.5 Å². The minimum atomic E-state index is -0.127. The lowest BCUT2D eigenvalue weighted by atomic mass is 10.1. The van der Waals surface area contributed by atoms with Crippen LogP contribution in [0.25, 0.3) is 17.0 Å². The smallest absolute Gasteiger partial charge is 0.270 e. The van der Waals surface area contributed by atoms with E-state index >= 15 is 0 Å². The van der Waals surface area contributed by atoms with Gasteiger partial charge < -0.3 is 9.30 Å². The summed E-state index contributed by atoms with van der Waals surface area (Å²) in [6.45, 7) is 0. The van der Waals surface area contributed by atoms with E-state index in [1.807, 2.05) is 55.7 Å². The summed E-state index contributed by atoms with van der Waals surface area (Å²) in [5.74, 6) is 0.493. The molecule has 1 fully saturated rings. The largest absolute Gasteiger partial charge is 0.495 e. The third kappa shape index (κ3) is 2.71. The molecule has 26 heavy (non-hydrogen) atoms. The Hall–Kier alpha value is -2.57. The first kappa shape index (κ1) is 16.9. The summed E-state index contributed by atoms with van der Waals surface area (Å²) >= 11 is 6.78. The molecule has 130 valence electrons. The zero-order valence-corrected chi connectivity index (χ0v) is 15.9. The molecule has 0 radical (unpaired) electrons. The first-order valence-corrected chi connectivity index (χ1v) is 9.27. The highest BCUT2D eigenvalue weighted by atomic mass is 32.2. The van der Waals surface area contributed by atoms with Gasteiger partial charge in [0, 0.05) is 29.7 Å². The number of aryl methyl sites for hydroxylation is 1. The van der Waals surface area contributed by atoms with Gasteiger partial charge in [-0.3, -0.25) is 9.69 Å². The van der Waals surface area contributed by atoms with Crippen molar-refractivity contribution < 1.29 is 9.53 Å². The lowest BCUT2D eigenvalue weighted by Crippen LogP contribution is -2.27. The maximum absolute atomic E-state index is 13.0. The Kier molecular flexibility index (Phi) is 4.30. The molecular formula is C20H16N2O2S2. The third-order valence-corrected chi connectivity index (χ3v) is 5.64. The maximum atomic E-state index is 13.0. The second kappa shape index (κ2) is 6.63. The van der Waals surface area contributed by atoms with Crippen molar-refractivity contribution in [2.45, 2.75) is 0 Å². The minimum absolute atomic E-state index is 0.127. The van der Waals surface area contributed by atoms with Crippen molar-refractivity contribution in [3.63, 3.8) is 0 Å². The number of benzene rings is 2. The number of ether oxygens (including phenoxy) is 1. The Labute approximate surface area is 161 Å². The molecule has 0 saturated carbocycles. The van der Waals surface area contributed by atoms with Gasteiger partial charge in [-0.25, -0.2) is 0 Å². The van der Waals surface area contributed by atoms with Gasteiger partial charge in [-0.05, 0) is 24.3 Å². The monoisotopic (exact) mass is 380 g/mol. The molecule has 6 heteroatoms. The summed E-state index contributed by atoms with van der Waals surface area (Å²) in [7, 11) is 3.59. The number of carbonyl (C=O) groups excluding carboxylic acids is 1. The summed E-state index contributed by atoms with van der Waals surface area (Å²) < 4.78 is 7.95. The van der Waals surface area contributed by atoms with Crippen molar-refractivity contribution in [3.05, 3.63) is 65.2 Å². The highest BCUT2D eigenvalue weighted by Gasteiger charge is 2.35. The number of hydrogen-bond acceptors (Lipinski definition) is 4. The molecule has 1 aliphatic rings. The fourth-order valence-corrected chi connectivity index (χ4v) is 4.39. The molecule has 4 nitrogen and oxygen atoms in total. The molecule has 1 amide bonds. The molecule has 1 aliphatic heterocycles. The molecule has 2 heterocycles. The van der Waals surface area contributed by atoms with Crippen molar-refractivity contribution >= 4 is 56.9 Å². The van der Waals surface area contributed by atoms with Crippen molar-refractivity contribution in [2.24, 2.45) is 7.05 Å². The number of carbonyl (C=O) groups is 1. The molecule has 1 aromatic heterocycles. The van der Waals surface area contributed by atoms with Crippen molar-refractivity contribution in [3.8, 4) is 5.75 Å². The summed E-state index contributed by atoms with van der Waals surface area (Å²) in [6.07, 6.45) is 3.94. The summed E-state index contributed by atoms with van der Waals surface area (Å²) in [6, 6.07) is 15.5. The van der Waals surface area contributed by atoms with Crippen LogP contribution in [0.5, 0.6) is 5.75 Å². The van der Waals surface area contributed by atoms with Crippen molar-refractivity contribution in [1.29, 1.82) is 0 Å². The number of thioether (sulfide) groups is 1.